The van der Waals surface area contributed by atoms with E-state index >= 15 is 0 Å². The zero-order valence-corrected chi connectivity index (χ0v) is 35.4. The standard InChI is InChI=1S/C62H39N3/c1-4-18-40(19-5-1)43-24-16-25-44(34-43)59-39-58(42-22-8-3-9-23-42)64-61(65-59)46-27-17-26-45(35-46)57-37-50(41-20-6-2-7-21-41)52-36-51-49-30-12-15-33-55(49)62(56(51)38-60(52)63-57)53-31-13-10-28-47(53)48-29-11-14-32-54(48)62/h1-39H. The van der Waals surface area contributed by atoms with E-state index in [1.807, 2.05) is 6.07 Å². The lowest BCUT2D eigenvalue weighted by Crippen LogP contribution is -2.25. The van der Waals surface area contributed by atoms with Crippen LogP contribution in [0.1, 0.15) is 22.3 Å². The Morgan fingerprint density at radius 1 is 0.246 bits per heavy atom. The molecule has 13 rings (SSSR count). The fourth-order valence-corrected chi connectivity index (χ4v) is 10.6. The van der Waals surface area contributed by atoms with Crippen LogP contribution < -0.4 is 0 Å². The molecule has 0 bridgehead atoms. The van der Waals surface area contributed by atoms with Crippen molar-refractivity contribution in [2.24, 2.45) is 0 Å². The molecule has 1 spiro atoms. The topological polar surface area (TPSA) is 38.7 Å². The van der Waals surface area contributed by atoms with E-state index in [4.69, 9.17) is 15.0 Å². The molecule has 2 aliphatic rings. The minimum Gasteiger partial charge on any atom is -0.248 e. The van der Waals surface area contributed by atoms with Crippen molar-refractivity contribution in [1.29, 1.82) is 0 Å². The largest absolute Gasteiger partial charge is 0.248 e. The Kier molecular flexibility index (Phi) is 8.44. The first-order valence-electron chi connectivity index (χ1n) is 22.3. The molecule has 0 saturated carbocycles. The Labute approximate surface area is 378 Å². The van der Waals surface area contributed by atoms with Crippen molar-refractivity contribution < 1.29 is 0 Å². The highest BCUT2D eigenvalue weighted by molar-refractivity contribution is 6.04. The molecule has 0 fully saturated rings. The summed E-state index contributed by atoms with van der Waals surface area (Å²) in [6.07, 6.45) is 0. The van der Waals surface area contributed by atoms with Crippen molar-refractivity contribution in [2.45, 2.75) is 5.41 Å². The van der Waals surface area contributed by atoms with Gasteiger partial charge in [-0.25, -0.2) is 15.0 Å². The van der Waals surface area contributed by atoms with Crippen LogP contribution in [0.3, 0.4) is 0 Å². The maximum absolute atomic E-state index is 5.60. The van der Waals surface area contributed by atoms with Gasteiger partial charge in [-0.3, -0.25) is 0 Å². The molecule has 65 heavy (non-hydrogen) atoms. The predicted molar refractivity (Wildman–Crippen MR) is 266 cm³/mol. The maximum Gasteiger partial charge on any atom is 0.160 e. The van der Waals surface area contributed by atoms with Crippen LogP contribution in [0.5, 0.6) is 0 Å². The summed E-state index contributed by atoms with van der Waals surface area (Å²) in [4.78, 5) is 16.1. The first-order valence-corrected chi connectivity index (χ1v) is 22.3. The van der Waals surface area contributed by atoms with E-state index in [0.29, 0.717) is 5.82 Å². The number of fused-ring (bicyclic) bond motifs is 11. The van der Waals surface area contributed by atoms with Crippen LogP contribution in [0.2, 0.25) is 0 Å². The van der Waals surface area contributed by atoms with Crippen LogP contribution in [-0.4, -0.2) is 15.0 Å². The molecule has 0 amide bonds. The zero-order chi connectivity index (χ0) is 42.9. The molecule has 2 aromatic heterocycles. The van der Waals surface area contributed by atoms with Gasteiger partial charge in [0, 0.05) is 27.6 Å². The Morgan fingerprint density at radius 3 is 1.31 bits per heavy atom. The van der Waals surface area contributed by atoms with Gasteiger partial charge in [0.15, 0.2) is 5.82 Å². The Bertz CT molecular complexity index is 3610. The highest BCUT2D eigenvalue weighted by Crippen LogP contribution is 2.63. The number of hydrogen-bond acceptors (Lipinski definition) is 3. The molecule has 2 heterocycles. The Hall–Kier alpha value is -8.53. The molecule has 0 atom stereocenters. The van der Waals surface area contributed by atoms with Gasteiger partial charge in [-0.2, -0.15) is 0 Å². The summed E-state index contributed by atoms with van der Waals surface area (Å²) in [5.74, 6) is 0.661. The molecule has 9 aromatic carbocycles. The first kappa shape index (κ1) is 37.1. The molecule has 302 valence electrons. The molecule has 0 radical (unpaired) electrons. The molecule has 3 nitrogen and oxygen atoms in total. The van der Waals surface area contributed by atoms with E-state index in [1.165, 1.54) is 50.1 Å². The quantitative estimate of drug-likeness (QED) is 0.168. The second kappa shape index (κ2) is 14.8. The van der Waals surface area contributed by atoms with Crippen molar-refractivity contribution in [3.05, 3.63) is 259 Å². The Morgan fingerprint density at radius 2 is 0.692 bits per heavy atom. The molecule has 2 aliphatic carbocycles. The van der Waals surface area contributed by atoms with Crippen molar-refractivity contribution in [2.75, 3.05) is 0 Å². The molecule has 0 N–H and O–H groups in total. The van der Waals surface area contributed by atoms with Gasteiger partial charge >= 0.3 is 0 Å². The summed E-state index contributed by atoms with van der Waals surface area (Å²) >= 11 is 0. The van der Waals surface area contributed by atoms with Crippen LogP contribution in [0.15, 0.2) is 237 Å². The minimum absolute atomic E-state index is 0.461. The van der Waals surface area contributed by atoms with Gasteiger partial charge in [-0.1, -0.05) is 200 Å². The zero-order valence-electron chi connectivity index (χ0n) is 35.4. The van der Waals surface area contributed by atoms with E-state index in [2.05, 4.69) is 231 Å². The number of hydrogen-bond donors (Lipinski definition) is 0. The third kappa shape index (κ3) is 5.86. The number of aromatic nitrogens is 3. The molecule has 0 saturated heterocycles. The predicted octanol–water partition coefficient (Wildman–Crippen LogP) is 15.4. The summed E-state index contributed by atoms with van der Waals surface area (Å²) in [5, 5.41) is 1.13. The summed E-state index contributed by atoms with van der Waals surface area (Å²) in [6, 6.07) is 84.9. The molecular formula is C62H39N3. The first-order chi connectivity index (χ1) is 32.2. The second-order valence-electron chi connectivity index (χ2n) is 17.1. The second-order valence-corrected chi connectivity index (χ2v) is 17.1. The van der Waals surface area contributed by atoms with Crippen LogP contribution in [-0.2, 0) is 5.41 Å². The summed E-state index contributed by atoms with van der Waals surface area (Å²) in [7, 11) is 0. The summed E-state index contributed by atoms with van der Waals surface area (Å²) in [6.45, 7) is 0. The summed E-state index contributed by atoms with van der Waals surface area (Å²) < 4.78 is 0. The lowest BCUT2D eigenvalue weighted by Gasteiger charge is -2.30. The van der Waals surface area contributed by atoms with Gasteiger partial charge in [0.05, 0.1) is 28.0 Å². The van der Waals surface area contributed by atoms with Gasteiger partial charge < -0.3 is 0 Å². The number of rotatable bonds is 6. The number of nitrogens with zero attached hydrogens (tertiary/aromatic N) is 3. The van der Waals surface area contributed by atoms with Gasteiger partial charge in [-0.05, 0) is 103 Å². The monoisotopic (exact) mass is 825 g/mol. The molecule has 3 heteroatoms. The van der Waals surface area contributed by atoms with Crippen LogP contribution in [0, 0.1) is 0 Å². The average molecular weight is 826 g/mol. The highest BCUT2D eigenvalue weighted by Gasteiger charge is 2.51. The molecular weight excluding hydrogens is 787 g/mol. The SMILES string of the molecule is c1ccc(-c2cccc(-c3cc(-c4ccccc4)nc(-c4cccc(-c5cc(-c6ccccc6)c6cc7c(cc6n5)C5(c6ccccc6-c6ccccc65)c5ccccc5-7)c4)n3)c2)cc1. The summed E-state index contributed by atoms with van der Waals surface area (Å²) in [5.41, 5.74) is 22.1. The van der Waals surface area contributed by atoms with E-state index in [0.717, 1.165) is 66.9 Å². The molecule has 11 aromatic rings. The highest BCUT2D eigenvalue weighted by atomic mass is 14.9. The van der Waals surface area contributed by atoms with E-state index in [-0.39, 0.29) is 0 Å². The van der Waals surface area contributed by atoms with E-state index in [9.17, 15) is 0 Å². The van der Waals surface area contributed by atoms with Crippen LogP contribution in [0.4, 0.5) is 0 Å². The van der Waals surface area contributed by atoms with E-state index in [1.54, 1.807) is 0 Å². The lowest BCUT2D eigenvalue weighted by atomic mass is 9.70. The van der Waals surface area contributed by atoms with Crippen molar-refractivity contribution in [3.8, 4) is 89.7 Å². The lowest BCUT2D eigenvalue weighted by molar-refractivity contribution is 0.794. The van der Waals surface area contributed by atoms with Crippen molar-refractivity contribution in [3.63, 3.8) is 0 Å². The third-order valence-corrected chi connectivity index (χ3v) is 13.5. The van der Waals surface area contributed by atoms with Gasteiger partial charge in [-0.15, -0.1) is 0 Å². The number of pyridine rings is 1. The van der Waals surface area contributed by atoms with Gasteiger partial charge in [0.1, 0.15) is 0 Å². The Balaban J connectivity index is 1.01. The molecule has 0 unspecified atom stereocenters. The fourth-order valence-electron chi connectivity index (χ4n) is 10.6. The van der Waals surface area contributed by atoms with Gasteiger partial charge in [0.25, 0.3) is 0 Å². The van der Waals surface area contributed by atoms with Crippen LogP contribution in [0.25, 0.3) is 101 Å². The maximum atomic E-state index is 5.60. The minimum atomic E-state index is -0.461. The fraction of sp³-hybridized carbons (Fsp3) is 0.0161. The van der Waals surface area contributed by atoms with Crippen molar-refractivity contribution >= 4 is 10.9 Å². The third-order valence-electron chi connectivity index (χ3n) is 13.5. The smallest absolute Gasteiger partial charge is 0.160 e. The van der Waals surface area contributed by atoms with Crippen molar-refractivity contribution in [1.82, 2.24) is 15.0 Å². The average Bonchev–Trinajstić information content (AvgIpc) is 3.85. The number of benzene rings is 9. The van der Waals surface area contributed by atoms with Gasteiger partial charge in [0.2, 0.25) is 0 Å². The molecule has 0 aliphatic heterocycles. The van der Waals surface area contributed by atoms with E-state index < -0.39 is 5.41 Å². The van der Waals surface area contributed by atoms with Crippen LogP contribution >= 0.6 is 0 Å². The normalized spacial score (nSPS) is 12.7.